The fourth-order valence-corrected chi connectivity index (χ4v) is 0.803. The minimum absolute atomic E-state index is 0.109. The molecule has 0 heterocycles. The van der Waals surface area contributed by atoms with Gasteiger partial charge in [-0.2, -0.15) is 26.3 Å². The van der Waals surface area contributed by atoms with Crippen LogP contribution in [0.5, 0.6) is 0 Å². The van der Waals surface area contributed by atoms with E-state index in [1.165, 1.54) is 15.9 Å². The molecule has 0 aliphatic heterocycles. The van der Waals surface area contributed by atoms with Crippen LogP contribution in [0.15, 0.2) is 24.6 Å². The fraction of sp³-hybridized carbons (Fsp3) is 0.500. The Balaban J connectivity index is 0. The molecule has 102 valence electrons. The Bertz CT molecular complexity index is 266. The van der Waals surface area contributed by atoms with E-state index in [9.17, 15) is 30.7 Å². The van der Waals surface area contributed by atoms with Crippen molar-refractivity contribution >= 4 is 31.9 Å². The number of hydrogen-bond donors (Lipinski definition) is 0. The van der Waals surface area contributed by atoms with Crippen molar-refractivity contribution < 1.29 is 30.7 Å². The van der Waals surface area contributed by atoms with E-state index >= 15 is 0 Å². The zero-order valence-corrected chi connectivity index (χ0v) is 11.3. The van der Waals surface area contributed by atoms with Gasteiger partial charge in [-0.25, -0.2) is 4.39 Å². The number of rotatable bonds is 4. The monoisotopic (exact) mass is 394 g/mol. The quantitative estimate of drug-likeness (QED) is 0.328. The van der Waals surface area contributed by atoms with Crippen LogP contribution in [-0.2, 0) is 0 Å². The highest BCUT2D eigenvalue weighted by atomic mass is 79.9. The van der Waals surface area contributed by atoms with Crippen LogP contribution < -0.4 is 0 Å². The van der Waals surface area contributed by atoms with E-state index in [-0.39, 0.29) is 17.8 Å². The van der Waals surface area contributed by atoms with Crippen LogP contribution in [0.4, 0.5) is 30.7 Å². The van der Waals surface area contributed by atoms with E-state index in [2.05, 4.69) is 22.5 Å². The van der Waals surface area contributed by atoms with E-state index < -0.39 is 22.7 Å². The van der Waals surface area contributed by atoms with Crippen molar-refractivity contribution in [1.29, 1.82) is 0 Å². The van der Waals surface area contributed by atoms with Gasteiger partial charge < -0.3 is 0 Å². The third-order valence-corrected chi connectivity index (χ3v) is 2.08. The van der Waals surface area contributed by atoms with Crippen molar-refractivity contribution in [3.05, 3.63) is 24.6 Å². The maximum atomic E-state index is 11.7. The van der Waals surface area contributed by atoms with E-state index in [4.69, 9.17) is 0 Å². The van der Waals surface area contributed by atoms with Gasteiger partial charge >= 0.3 is 16.8 Å². The summed E-state index contributed by atoms with van der Waals surface area (Å²) in [7, 11) is 0. The first-order valence-corrected chi connectivity index (χ1v) is 5.74. The first-order chi connectivity index (χ1) is 7.49. The molecule has 0 radical (unpaired) electrons. The summed E-state index contributed by atoms with van der Waals surface area (Å²) >= 11 is 4.32. The molecule has 0 aliphatic rings. The second-order valence-electron chi connectivity index (χ2n) is 2.43. The third-order valence-electron chi connectivity index (χ3n) is 1.15. The second kappa shape index (κ2) is 8.12. The molecule has 0 atom stereocenters. The first kappa shape index (κ1) is 19.3. The SMILES string of the molecule is C=CC(F)(F)C(F)(F)Br.FC(F)=C(F)CCBr. The highest BCUT2D eigenvalue weighted by Crippen LogP contribution is 2.39. The summed E-state index contributed by atoms with van der Waals surface area (Å²) in [5.41, 5.74) is 0. The Kier molecular flexibility index (Phi) is 9.22. The lowest BCUT2D eigenvalue weighted by Crippen LogP contribution is -2.32. The molecule has 0 rings (SSSR count). The van der Waals surface area contributed by atoms with Crippen LogP contribution in [-0.4, -0.2) is 16.1 Å². The standard InChI is InChI=1S/C4H3BrF4.C4H4BrF3/c1-2-3(6,7)4(5,8)9;5-2-1-3(6)4(7)8/h2H,1H2;1-2H2. The van der Waals surface area contributed by atoms with Gasteiger partial charge in [0.15, 0.2) is 5.83 Å². The molecule has 0 bridgehead atoms. The Labute approximate surface area is 110 Å². The third kappa shape index (κ3) is 8.64. The summed E-state index contributed by atoms with van der Waals surface area (Å²) in [6.45, 7) is 2.54. The van der Waals surface area contributed by atoms with E-state index in [1.54, 1.807) is 0 Å². The smallest absolute Gasteiger partial charge is 0.206 e. The average Bonchev–Trinajstić information content (AvgIpc) is 2.17. The summed E-state index contributed by atoms with van der Waals surface area (Å²) in [5, 5.41) is 0.232. The summed E-state index contributed by atoms with van der Waals surface area (Å²) in [6.07, 6.45) is -2.56. The maximum Gasteiger partial charge on any atom is 0.367 e. The minimum atomic E-state index is -4.19. The van der Waals surface area contributed by atoms with Crippen LogP contribution >= 0.6 is 31.9 Å². The molecule has 0 amide bonds. The predicted octanol–water partition coefficient (Wildman–Crippen LogP) is 5.64. The van der Waals surface area contributed by atoms with Crippen molar-refractivity contribution in [1.82, 2.24) is 0 Å². The zero-order chi connectivity index (χ0) is 14.3. The van der Waals surface area contributed by atoms with Gasteiger partial charge in [0.05, 0.1) is 0 Å². The van der Waals surface area contributed by atoms with Gasteiger partial charge in [-0.05, 0) is 22.0 Å². The van der Waals surface area contributed by atoms with Crippen LogP contribution in [0.2, 0.25) is 0 Å². The lowest BCUT2D eigenvalue weighted by Gasteiger charge is -2.16. The summed E-state index contributed by atoms with van der Waals surface area (Å²) in [4.78, 5) is -4.19. The molecule has 0 spiro atoms. The Hall–Kier alpha value is -0.0500. The van der Waals surface area contributed by atoms with Gasteiger partial charge in [0.1, 0.15) is 0 Å². The number of allylic oxidation sites excluding steroid dienone is 2. The second-order valence-corrected chi connectivity index (χ2v) is 4.22. The fourth-order valence-electron chi connectivity index (χ4n) is 0.293. The van der Waals surface area contributed by atoms with E-state index in [0.717, 1.165) is 0 Å². The predicted molar refractivity (Wildman–Crippen MR) is 57.8 cm³/mol. The molecule has 0 unspecified atom stereocenters. The van der Waals surface area contributed by atoms with Crippen LogP contribution in [0, 0.1) is 0 Å². The molecule has 0 saturated heterocycles. The Morgan fingerprint density at radius 3 is 1.59 bits per heavy atom. The lowest BCUT2D eigenvalue weighted by atomic mass is 10.3. The van der Waals surface area contributed by atoms with Crippen molar-refractivity contribution in [3.8, 4) is 0 Å². The highest BCUT2D eigenvalue weighted by molar-refractivity contribution is 9.10. The van der Waals surface area contributed by atoms with Gasteiger partial charge in [0.25, 0.3) is 0 Å². The van der Waals surface area contributed by atoms with Crippen LogP contribution in [0.1, 0.15) is 6.42 Å². The lowest BCUT2D eigenvalue weighted by molar-refractivity contribution is -0.111. The Morgan fingerprint density at radius 2 is 1.53 bits per heavy atom. The van der Waals surface area contributed by atoms with Crippen LogP contribution in [0.3, 0.4) is 0 Å². The molecule has 0 N–H and O–H groups in total. The van der Waals surface area contributed by atoms with Crippen molar-refractivity contribution in [2.75, 3.05) is 5.33 Å². The number of hydrogen-bond acceptors (Lipinski definition) is 0. The summed E-state index contributed by atoms with van der Waals surface area (Å²) in [6, 6.07) is 0. The topological polar surface area (TPSA) is 0 Å². The average molecular weight is 396 g/mol. The van der Waals surface area contributed by atoms with E-state index in [0.29, 0.717) is 0 Å². The number of alkyl halides is 6. The van der Waals surface area contributed by atoms with Gasteiger partial charge in [0.2, 0.25) is 0 Å². The van der Waals surface area contributed by atoms with Crippen LogP contribution in [0.25, 0.3) is 0 Å². The van der Waals surface area contributed by atoms with Gasteiger partial charge in [-0.1, -0.05) is 22.5 Å². The molecular weight excluding hydrogens is 389 g/mol. The van der Waals surface area contributed by atoms with Crippen molar-refractivity contribution in [2.24, 2.45) is 0 Å². The molecule has 0 aromatic heterocycles. The van der Waals surface area contributed by atoms with E-state index in [1.807, 2.05) is 0 Å². The zero-order valence-electron chi connectivity index (χ0n) is 8.10. The van der Waals surface area contributed by atoms with Gasteiger partial charge in [-0.3, -0.25) is 0 Å². The minimum Gasteiger partial charge on any atom is -0.206 e. The molecule has 0 fully saturated rings. The van der Waals surface area contributed by atoms with Crippen molar-refractivity contribution in [3.63, 3.8) is 0 Å². The molecule has 0 aromatic rings. The molecular formula is C8H7Br2F7. The highest BCUT2D eigenvalue weighted by Gasteiger charge is 2.51. The normalized spacial score (nSPS) is 11.4. The largest absolute Gasteiger partial charge is 0.367 e. The van der Waals surface area contributed by atoms with Gasteiger partial charge in [0, 0.05) is 11.8 Å². The molecule has 17 heavy (non-hydrogen) atoms. The molecule has 0 aliphatic carbocycles. The molecule has 9 heteroatoms. The summed E-state index contributed by atoms with van der Waals surface area (Å²) < 4.78 is 80.5. The molecule has 0 aromatic carbocycles. The van der Waals surface area contributed by atoms with Crippen molar-refractivity contribution in [2.45, 2.75) is 17.2 Å². The summed E-state index contributed by atoms with van der Waals surface area (Å²) in [5.74, 6) is -5.51. The Morgan fingerprint density at radius 1 is 1.12 bits per heavy atom. The molecule has 0 nitrogen and oxygen atoms in total. The number of halogens is 9. The first-order valence-electron chi connectivity index (χ1n) is 3.83. The van der Waals surface area contributed by atoms with Gasteiger partial charge in [-0.15, -0.1) is 0 Å². The maximum absolute atomic E-state index is 11.7. The molecule has 0 saturated carbocycles.